The molecule has 49 heavy (non-hydrogen) atoms. The maximum Gasteiger partial charge on any atom is 0.162 e. The Morgan fingerprint density at radius 1 is 0.878 bits per heavy atom. The van der Waals surface area contributed by atoms with Gasteiger partial charge >= 0.3 is 0 Å². The number of allylic oxidation sites excluding steroid dienone is 2. The fraction of sp³-hybridized carbons (Fsp3) is 0.455. The number of benzene rings is 3. The van der Waals surface area contributed by atoms with E-state index >= 15 is 0 Å². The molecule has 0 aliphatic heterocycles. The molecular formula is C44H56IrNO2S-. The molecule has 0 atom stereocenters. The summed E-state index contributed by atoms with van der Waals surface area (Å²) >= 11 is 1.87. The Kier molecular flexibility index (Phi) is 15.2. The molecule has 2 aromatic heterocycles. The van der Waals surface area contributed by atoms with Crippen molar-refractivity contribution in [1.82, 2.24) is 4.98 Å². The Bertz CT molecular complexity index is 1860. The largest absolute Gasteiger partial charge is 0.512 e. The average Bonchev–Trinajstić information content (AvgIpc) is 3.46. The minimum atomic E-state index is 0. The topological polar surface area (TPSA) is 50.2 Å². The number of ketones is 1. The van der Waals surface area contributed by atoms with Crippen LogP contribution in [0.2, 0.25) is 0 Å². The Labute approximate surface area is 313 Å². The zero-order valence-electron chi connectivity index (χ0n) is 31.1. The number of hydrogen-bond acceptors (Lipinski definition) is 4. The van der Waals surface area contributed by atoms with Crippen molar-refractivity contribution < 1.29 is 30.0 Å². The number of carbonyl (C=O) groups is 1. The fourth-order valence-corrected chi connectivity index (χ4v) is 8.07. The normalized spacial score (nSPS) is 12.2. The molecule has 5 aromatic rings. The van der Waals surface area contributed by atoms with Gasteiger partial charge in [-0.3, -0.25) is 9.78 Å². The van der Waals surface area contributed by atoms with Crippen LogP contribution in [-0.4, -0.2) is 15.9 Å². The van der Waals surface area contributed by atoms with Crippen LogP contribution in [0.3, 0.4) is 0 Å². The molecule has 1 N–H and O–H groups in total. The first-order valence-corrected chi connectivity index (χ1v) is 19.1. The van der Waals surface area contributed by atoms with Gasteiger partial charge in [0.2, 0.25) is 0 Å². The summed E-state index contributed by atoms with van der Waals surface area (Å²) < 4.78 is 2.62. The standard InChI is InChI=1S/C31H32NS.C13H24O2.Ir/c1-6-31(5,7-2)27-19-23(18-22-10-8-9-11-24(22)27)29-30-26(14-15-32-29)25-13-12-21(16-20(3)4)17-28(25)33-30;1-5-10(6-2)12(14)9-13(15)11(7-3)8-4;/h8-15,17,19-20H,6-7,16H2,1-5H3;9-11,14H,5-8H2,1-4H3;/q-1;;/b;12-9-;. The van der Waals surface area contributed by atoms with Crippen molar-refractivity contribution in [2.24, 2.45) is 17.8 Å². The van der Waals surface area contributed by atoms with Crippen molar-refractivity contribution in [1.29, 1.82) is 0 Å². The first kappa shape index (κ1) is 40.6. The first-order chi connectivity index (χ1) is 23.0. The summed E-state index contributed by atoms with van der Waals surface area (Å²) in [6, 6.07) is 23.9. The molecule has 3 nitrogen and oxygen atoms in total. The van der Waals surface area contributed by atoms with Gasteiger partial charge in [-0.2, -0.15) is 0 Å². The zero-order chi connectivity index (χ0) is 35.0. The number of pyridine rings is 1. The van der Waals surface area contributed by atoms with E-state index in [4.69, 9.17) is 4.98 Å². The number of carbonyl (C=O) groups excluding carboxylic acids is 1. The summed E-state index contributed by atoms with van der Waals surface area (Å²) in [5.74, 6) is 1.21. The number of nitrogens with zero attached hydrogens (tertiary/aromatic N) is 1. The third-order valence-corrected chi connectivity index (χ3v) is 11.6. The maximum absolute atomic E-state index is 11.7. The second-order valence-electron chi connectivity index (χ2n) is 14.0. The quantitative estimate of drug-likeness (QED) is 0.0729. The number of aliphatic hydroxyl groups is 1. The summed E-state index contributed by atoms with van der Waals surface area (Å²) in [5.41, 5.74) is 5.12. The molecule has 0 spiro atoms. The summed E-state index contributed by atoms with van der Waals surface area (Å²) in [6.45, 7) is 19.6. The van der Waals surface area contributed by atoms with Gasteiger partial charge in [-0.1, -0.05) is 104 Å². The molecule has 0 saturated carbocycles. The molecule has 2 heterocycles. The smallest absolute Gasteiger partial charge is 0.162 e. The van der Waals surface area contributed by atoms with Gasteiger partial charge in [0.15, 0.2) is 5.78 Å². The number of hydrogen-bond donors (Lipinski definition) is 1. The van der Waals surface area contributed by atoms with Gasteiger partial charge in [-0.25, -0.2) is 0 Å². The van der Waals surface area contributed by atoms with Gasteiger partial charge in [0.1, 0.15) is 0 Å². The third-order valence-electron chi connectivity index (χ3n) is 10.4. The molecular weight excluding hydrogens is 799 g/mol. The predicted molar refractivity (Wildman–Crippen MR) is 209 cm³/mol. The Balaban J connectivity index is 0.000000347. The van der Waals surface area contributed by atoms with Crippen LogP contribution < -0.4 is 0 Å². The van der Waals surface area contributed by atoms with Crippen molar-refractivity contribution in [3.63, 3.8) is 0 Å². The molecule has 0 aliphatic carbocycles. The minimum absolute atomic E-state index is 0. The summed E-state index contributed by atoms with van der Waals surface area (Å²) in [7, 11) is 0. The number of rotatable bonds is 13. The molecule has 1 radical (unpaired) electrons. The van der Waals surface area contributed by atoms with Crippen LogP contribution in [0.5, 0.6) is 0 Å². The summed E-state index contributed by atoms with van der Waals surface area (Å²) in [5, 5.41) is 14.9. The molecule has 5 heteroatoms. The Morgan fingerprint density at radius 3 is 2.14 bits per heavy atom. The molecule has 0 fully saturated rings. The van der Waals surface area contributed by atoms with Crippen LogP contribution in [0.25, 0.3) is 42.2 Å². The third kappa shape index (κ3) is 9.29. The van der Waals surface area contributed by atoms with Crippen LogP contribution in [-0.2, 0) is 36.7 Å². The monoisotopic (exact) mass is 855 g/mol. The van der Waals surface area contributed by atoms with Crippen molar-refractivity contribution in [2.75, 3.05) is 0 Å². The van der Waals surface area contributed by atoms with Crippen LogP contribution in [0.4, 0.5) is 0 Å². The second kappa shape index (κ2) is 18.4. The molecule has 0 amide bonds. The van der Waals surface area contributed by atoms with Crippen LogP contribution in [0, 0.1) is 23.8 Å². The molecule has 3 aromatic carbocycles. The summed E-state index contributed by atoms with van der Waals surface area (Å²) in [4.78, 5) is 16.6. The zero-order valence-corrected chi connectivity index (χ0v) is 34.3. The van der Waals surface area contributed by atoms with E-state index in [1.165, 1.54) is 48.1 Å². The molecule has 0 saturated heterocycles. The number of aromatic nitrogens is 1. The SMILES string of the molecule is CCC(C)(CC)c1cc(-c2nccc3c2sc2cc(CC(C)C)ccc23)[c-]c2ccccc12.CCC(CC)C(=O)/C=C(\O)C(CC)CC.[Ir]. The second-order valence-corrected chi connectivity index (χ2v) is 15.0. The molecule has 265 valence electrons. The first-order valence-electron chi connectivity index (χ1n) is 18.2. The van der Waals surface area contributed by atoms with E-state index in [2.05, 4.69) is 95.3 Å². The molecule has 0 unspecified atom stereocenters. The van der Waals surface area contributed by atoms with Crippen molar-refractivity contribution >= 4 is 48.1 Å². The van der Waals surface area contributed by atoms with Gasteiger partial charge < -0.3 is 5.11 Å². The average molecular weight is 855 g/mol. The van der Waals surface area contributed by atoms with E-state index in [1.54, 1.807) is 0 Å². The number of aliphatic hydroxyl groups excluding tert-OH is 1. The fourth-order valence-electron chi connectivity index (χ4n) is 6.81. The summed E-state index contributed by atoms with van der Waals surface area (Å²) in [6.07, 6.45) is 10.2. The van der Waals surface area contributed by atoms with Gasteiger partial charge in [-0.05, 0) is 84.7 Å². The van der Waals surface area contributed by atoms with Crippen LogP contribution in [0.1, 0.15) is 112 Å². The van der Waals surface area contributed by atoms with E-state index in [0.717, 1.165) is 56.2 Å². The van der Waals surface area contributed by atoms with Gasteiger partial charge in [0.05, 0.1) is 5.76 Å². The molecule has 5 rings (SSSR count). The van der Waals surface area contributed by atoms with Crippen molar-refractivity contribution in [3.8, 4) is 11.3 Å². The Morgan fingerprint density at radius 2 is 1.53 bits per heavy atom. The Hall–Kier alpha value is -2.85. The van der Waals surface area contributed by atoms with Crippen molar-refractivity contribution in [3.05, 3.63) is 89.8 Å². The van der Waals surface area contributed by atoms with E-state index in [1.807, 2.05) is 45.2 Å². The van der Waals surface area contributed by atoms with Gasteiger partial charge in [0, 0.05) is 59.3 Å². The van der Waals surface area contributed by atoms with E-state index in [0.29, 0.717) is 5.92 Å². The number of fused-ring (bicyclic) bond motifs is 4. The maximum atomic E-state index is 11.7. The van der Waals surface area contributed by atoms with E-state index in [9.17, 15) is 9.90 Å². The van der Waals surface area contributed by atoms with Gasteiger partial charge in [-0.15, -0.1) is 40.5 Å². The minimum Gasteiger partial charge on any atom is -0.512 e. The van der Waals surface area contributed by atoms with Gasteiger partial charge in [0.25, 0.3) is 0 Å². The van der Waals surface area contributed by atoms with Crippen molar-refractivity contribution in [2.45, 2.75) is 113 Å². The molecule has 0 aliphatic rings. The van der Waals surface area contributed by atoms with E-state index < -0.39 is 0 Å². The number of thiophene rings is 1. The van der Waals surface area contributed by atoms with Crippen LogP contribution >= 0.6 is 11.3 Å². The van der Waals surface area contributed by atoms with Crippen LogP contribution in [0.15, 0.2) is 72.6 Å². The molecule has 0 bridgehead atoms. The predicted octanol–water partition coefficient (Wildman–Crippen LogP) is 13.2. The van der Waals surface area contributed by atoms with E-state index in [-0.39, 0.29) is 48.9 Å².